The molecule has 0 aliphatic heterocycles. The van der Waals surface area contributed by atoms with Crippen LogP contribution in [0.3, 0.4) is 0 Å². The standard InChI is InChI=1S/C20H16BrF2N3O3S.Li/c21-16-9-25-19(30-20(22,23)18(29)24-10-17(27)28)26(16)15-8-7-12(11-5-6-11)13-3-1-2-4-14(13)15;/h1-4,7-9,11H,5-6,10H2,(H,24,29)(H,27,28);/q;+1/p-1. The number of carbonyl (C=O) groups excluding carboxylic acids is 2. The van der Waals surface area contributed by atoms with Gasteiger partial charge in [0.1, 0.15) is 4.60 Å². The average molecular weight is 502 g/mol. The molecule has 2 aromatic carbocycles. The number of hydrogen-bond acceptors (Lipinski definition) is 5. The Kier molecular flexibility index (Phi) is 7.16. The molecule has 156 valence electrons. The molecule has 0 saturated heterocycles. The smallest absolute Gasteiger partial charge is 0.548 e. The van der Waals surface area contributed by atoms with E-state index in [1.165, 1.54) is 16.3 Å². The van der Waals surface area contributed by atoms with E-state index in [9.17, 15) is 23.5 Å². The van der Waals surface area contributed by atoms with Gasteiger partial charge in [-0.05, 0) is 63.5 Å². The van der Waals surface area contributed by atoms with Crippen LogP contribution in [0, 0.1) is 0 Å². The van der Waals surface area contributed by atoms with Gasteiger partial charge in [-0.15, -0.1) is 0 Å². The maximum absolute atomic E-state index is 14.4. The number of carboxylic acids is 1. The first-order chi connectivity index (χ1) is 14.3. The van der Waals surface area contributed by atoms with Gasteiger partial charge in [0.25, 0.3) is 0 Å². The number of carboxylic acid groups (broad SMARTS) is 1. The number of imidazole rings is 1. The Morgan fingerprint density at radius 1 is 1.23 bits per heavy atom. The second kappa shape index (κ2) is 9.33. The molecule has 0 spiro atoms. The summed E-state index contributed by atoms with van der Waals surface area (Å²) >= 11 is 3.29. The second-order valence-corrected chi connectivity index (χ2v) is 8.76. The van der Waals surface area contributed by atoms with Crippen molar-refractivity contribution in [3.05, 3.63) is 52.8 Å². The molecule has 1 amide bonds. The number of nitrogens with zero attached hydrogens (tertiary/aromatic N) is 2. The summed E-state index contributed by atoms with van der Waals surface area (Å²) < 4.78 is 30.8. The largest absolute Gasteiger partial charge is 1.00 e. The Hall–Kier alpha value is -1.86. The van der Waals surface area contributed by atoms with Gasteiger partial charge in [0, 0.05) is 5.39 Å². The van der Waals surface area contributed by atoms with Gasteiger partial charge in [-0.25, -0.2) is 4.98 Å². The number of fused-ring (bicyclic) bond motifs is 1. The third-order valence-corrected chi connectivity index (χ3v) is 6.23. The zero-order valence-electron chi connectivity index (χ0n) is 16.4. The Morgan fingerprint density at radius 2 is 1.90 bits per heavy atom. The van der Waals surface area contributed by atoms with Crippen molar-refractivity contribution in [2.75, 3.05) is 6.54 Å². The molecule has 6 nitrogen and oxygen atoms in total. The van der Waals surface area contributed by atoms with Crippen molar-refractivity contribution < 1.29 is 42.3 Å². The van der Waals surface area contributed by atoms with Gasteiger partial charge in [-0.1, -0.05) is 30.3 Å². The minimum atomic E-state index is -3.93. The van der Waals surface area contributed by atoms with E-state index in [1.807, 2.05) is 36.4 Å². The van der Waals surface area contributed by atoms with E-state index in [0.717, 1.165) is 23.6 Å². The zero-order chi connectivity index (χ0) is 21.5. The van der Waals surface area contributed by atoms with Crippen LogP contribution in [-0.4, -0.2) is 33.2 Å². The number of aromatic nitrogens is 2. The van der Waals surface area contributed by atoms with E-state index < -0.39 is 23.7 Å². The van der Waals surface area contributed by atoms with Crippen LogP contribution < -0.4 is 29.3 Å². The molecule has 31 heavy (non-hydrogen) atoms. The summed E-state index contributed by atoms with van der Waals surface area (Å²) in [5.74, 6) is -2.87. The Balaban J connectivity index is 0.00000272. The zero-order valence-corrected chi connectivity index (χ0v) is 18.8. The molecule has 1 N–H and O–H groups in total. The molecule has 1 fully saturated rings. The van der Waals surface area contributed by atoms with Crippen LogP contribution >= 0.6 is 27.7 Å². The van der Waals surface area contributed by atoms with Gasteiger partial charge >= 0.3 is 30.0 Å². The molecule has 11 heteroatoms. The Bertz CT molecular complexity index is 1150. The third kappa shape index (κ3) is 4.98. The van der Waals surface area contributed by atoms with Crippen molar-refractivity contribution in [2.24, 2.45) is 0 Å². The van der Waals surface area contributed by atoms with Crippen LogP contribution in [0.15, 0.2) is 52.4 Å². The summed E-state index contributed by atoms with van der Waals surface area (Å²) in [6.45, 7) is -1.000. The van der Waals surface area contributed by atoms with Crippen molar-refractivity contribution >= 4 is 50.3 Å². The number of halogens is 3. The number of thioether (sulfide) groups is 1. The number of hydrogen-bond donors (Lipinski definition) is 1. The molecule has 0 atom stereocenters. The van der Waals surface area contributed by atoms with Crippen LogP contribution in [-0.2, 0) is 9.59 Å². The van der Waals surface area contributed by atoms with Gasteiger partial charge in [0.15, 0.2) is 5.16 Å². The number of carbonyl (C=O) groups is 2. The van der Waals surface area contributed by atoms with Crippen LogP contribution in [0.25, 0.3) is 16.5 Å². The van der Waals surface area contributed by atoms with Gasteiger partial charge < -0.3 is 15.2 Å². The molecule has 1 heterocycles. The third-order valence-electron chi connectivity index (χ3n) is 4.76. The van der Waals surface area contributed by atoms with E-state index in [1.54, 1.807) is 5.32 Å². The SMILES string of the molecule is O=C([O-])CNC(=O)C(F)(F)Sc1ncc(Br)n1-c1ccc(C2CC2)c2ccccc12.[Li+]. The molecular weight excluding hydrogens is 487 g/mol. The minimum Gasteiger partial charge on any atom is -0.548 e. The summed E-state index contributed by atoms with van der Waals surface area (Å²) in [4.78, 5) is 26.2. The minimum absolute atomic E-state index is 0. The van der Waals surface area contributed by atoms with E-state index in [-0.39, 0.29) is 35.8 Å². The molecule has 4 rings (SSSR count). The predicted molar refractivity (Wildman–Crippen MR) is 110 cm³/mol. The van der Waals surface area contributed by atoms with Gasteiger partial charge in [-0.2, -0.15) is 8.78 Å². The first kappa shape index (κ1) is 23.8. The predicted octanol–water partition coefficient (Wildman–Crippen LogP) is 0.220. The molecule has 1 aromatic heterocycles. The summed E-state index contributed by atoms with van der Waals surface area (Å²) in [5, 5.41) is 9.97. The van der Waals surface area contributed by atoms with Crippen molar-refractivity contribution in [2.45, 2.75) is 29.2 Å². The maximum atomic E-state index is 14.4. The second-order valence-electron chi connectivity index (χ2n) is 6.87. The quantitative estimate of drug-likeness (QED) is 0.369. The van der Waals surface area contributed by atoms with Crippen LogP contribution in [0.5, 0.6) is 0 Å². The van der Waals surface area contributed by atoms with E-state index in [0.29, 0.717) is 16.2 Å². The monoisotopic (exact) mass is 501 g/mol. The molecule has 1 aliphatic carbocycles. The number of alkyl halides is 2. The molecular formula is C20H15BrF2LiN3O3S. The van der Waals surface area contributed by atoms with Crippen molar-refractivity contribution in [1.82, 2.24) is 14.9 Å². The average Bonchev–Trinajstić information content (AvgIpc) is 3.49. The number of benzene rings is 2. The first-order valence-electron chi connectivity index (χ1n) is 9.08. The topological polar surface area (TPSA) is 87.0 Å². The number of rotatable bonds is 7. The molecule has 0 radical (unpaired) electrons. The van der Waals surface area contributed by atoms with Crippen LogP contribution in [0.2, 0.25) is 0 Å². The van der Waals surface area contributed by atoms with E-state index in [4.69, 9.17) is 0 Å². The number of aliphatic carboxylic acids is 1. The molecule has 1 aliphatic rings. The molecule has 1 saturated carbocycles. The van der Waals surface area contributed by atoms with Crippen molar-refractivity contribution in [3.8, 4) is 5.69 Å². The summed E-state index contributed by atoms with van der Waals surface area (Å²) in [6, 6.07) is 11.6. The Labute approximate surface area is 201 Å². The molecule has 0 bridgehead atoms. The summed E-state index contributed by atoms with van der Waals surface area (Å²) in [7, 11) is 0. The van der Waals surface area contributed by atoms with E-state index in [2.05, 4.69) is 20.9 Å². The van der Waals surface area contributed by atoms with E-state index >= 15 is 0 Å². The van der Waals surface area contributed by atoms with Crippen molar-refractivity contribution in [3.63, 3.8) is 0 Å². The fraction of sp³-hybridized carbons (Fsp3) is 0.250. The van der Waals surface area contributed by atoms with Gasteiger partial charge in [0.2, 0.25) is 0 Å². The maximum Gasteiger partial charge on any atom is 1.00 e. The molecule has 0 unspecified atom stereocenters. The normalized spacial score (nSPS) is 13.6. The fourth-order valence-electron chi connectivity index (χ4n) is 3.27. The number of nitrogens with one attached hydrogen (secondary N) is 1. The van der Waals surface area contributed by atoms with Crippen LogP contribution in [0.1, 0.15) is 24.3 Å². The van der Waals surface area contributed by atoms with Crippen LogP contribution in [0.4, 0.5) is 8.78 Å². The molecule has 3 aromatic rings. The van der Waals surface area contributed by atoms with Gasteiger partial charge in [0.05, 0.1) is 24.4 Å². The van der Waals surface area contributed by atoms with Gasteiger partial charge in [-0.3, -0.25) is 9.36 Å². The Morgan fingerprint density at radius 3 is 2.55 bits per heavy atom. The summed E-state index contributed by atoms with van der Waals surface area (Å²) in [6.07, 6.45) is 3.64. The number of amides is 1. The first-order valence-corrected chi connectivity index (χ1v) is 10.7. The summed E-state index contributed by atoms with van der Waals surface area (Å²) in [5.41, 5.74) is 1.87. The van der Waals surface area contributed by atoms with Crippen molar-refractivity contribution in [1.29, 1.82) is 0 Å². The fourth-order valence-corrected chi connectivity index (χ4v) is 4.64.